The minimum absolute atomic E-state index is 0.171. The summed E-state index contributed by atoms with van der Waals surface area (Å²) in [6.07, 6.45) is 4.52. The fraction of sp³-hybridized carbons (Fsp3) is 0.600. The van der Waals surface area contributed by atoms with Crippen LogP contribution in [0.2, 0.25) is 0 Å². The van der Waals surface area contributed by atoms with Gasteiger partial charge in [-0.2, -0.15) is 5.10 Å². The first-order chi connectivity index (χ1) is 6.74. The predicted molar refractivity (Wildman–Crippen MR) is 50.6 cm³/mol. The minimum Gasteiger partial charge on any atom is -0.465 e. The second-order valence-electron chi connectivity index (χ2n) is 3.78. The molecule has 1 saturated carbocycles. The van der Waals surface area contributed by atoms with Gasteiger partial charge in [0.05, 0.1) is 18.7 Å². The minimum atomic E-state index is -0.171. The zero-order chi connectivity index (χ0) is 9.97. The Morgan fingerprint density at radius 1 is 1.71 bits per heavy atom. The van der Waals surface area contributed by atoms with E-state index in [2.05, 4.69) is 5.10 Å². The molecular weight excluding hydrogens is 180 g/mol. The summed E-state index contributed by atoms with van der Waals surface area (Å²) in [5.41, 5.74) is 0.772. The van der Waals surface area contributed by atoms with Crippen LogP contribution in [0.25, 0.3) is 0 Å². The van der Waals surface area contributed by atoms with Crippen molar-refractivity contribution in [2.24, 2.45) is 13.0 Å². The molecule has 0 saturated heterocycles. The van der Waals surface area contributed by atoms with E-state index < -0.39 is 0 Å². The van der Waals surface area contributed by atoms with Crippen molar-refractivity contribution >= 4 is 5.97 Å². The van der Waals surface area contributed by atoms with Crippen LogP contribution in [0, 0.1) is 5.92 Å². The molecule has 4 nitrogen and oxygen atoms in total. The molecule has 0 atom stereocenters. The molecule has 0 unspecified atom stereocenters. The van der Waals surface area contributed by atoms with Crippen LogP contribution in [0.3, 0.4) is 0 Å². The van der Waals surface area contributed by atoms with E-state index in [9.17, 15) is 4.79 Å². The number of carbonyl (C=O) groups excluding carboxylic acids is 1. The van der Waals surface area contributed by atoms with Crippen LogP contribution >= 0.6 is 0 Å². The number of rotatable bonds is 4. The van der Waals surface area contributed by atoms with Gasteiger partial charge in [-0.3, -0.25) is 9.48 Å². The van der Waals surface area contributed by atoms with Gasteiger partial charge in [0, 0.05) is 13.2 Å². The van der Waals surface area contributed by atoms with Gasteiger partial charge in [0.15, 0.2) is 0 Å². The summed E-state index contributed by atoms with van der Waals surface area (Å²) in [5, 5.41) is 4.11. The lowest BCUT2D eigenvalue weighted by molar-refractivity contribution is -0.143. The van der Waals surface area contributed by atoms with E-state index in [-0.39, 0.29) is 12.4 Å². The highest BCUT2D eigenvalue weighted by Gasteiger charge is 2.23. The van der Waals surface area contributed by atoms with Gasteiger partial charge in [0.1, 0.15) is 0 Å². The first-order valence-corrected chi connectivity index (χ1v) is 4.88. The van der Waals surface area contributed by atoms with Gasteiger partial charge in [-0.25, -0.2) is 0 Å². The van der Waals surface area contributed by atoms with Crippen molar-refractivity contribution in [3.63, 3.8) is 0 Å². The van der Waals surface area contributed by atoms with Crippen molar-refractivity contribution in [3.8, 4) is 0 Å². The highest BCUT2D eigenvalue weighted by molar-refractivity contribution is 5.71. The van der Waals surface area contributed by atoms with Crippen LogP contribution in [0.4, 0.5) is 0 Å². The van der Waals surface area contributed by atoms with Crippen molar-refractivity contribution in [1.29, 1.82) is 0 Å². The van der Waals surface area contributed by atoms with E-state index in [1.807, 2.05) is 19.3 Å². The number of ether oxygens (including phenoxy) is 1. The summed E-state index contributed by atoms with van der Waals surface area (Å²) in [6, 6.07) is 1.83. The maximum absolute atomic E-state index is 11.3. The second kappa shape index (κ2) is 3.82. The summed E-state index contributed by atoms with van der Waals surface area (Å²) in [6.45, 7) is 0.589. The molecule has 0 spiro atoms. The predicted octanol–water partition coefficient (Wildman–Crippen LogP) is 0.916. The van der Waals surface area contributed by atoms with E-state index in [1.165, 1.54) is 12.8 Å². The van der Waals surface area contributed by atoms with Crippen LogP contribution in [0.15, 0.2) is 12.3 Å². The van der Waals surface area contributed by atoms with E-state index in [0.29, 0.717) is 12.5 Å². The standard InChI is InChI=1S/C10H14N2O2/c1-12-5-4-9(11-12)6-10(13)14-7-8-2-3-8/h4-5,8H,2-3,6-7H2,1H3. The fourth-order valence-electron chi connectivity index (χ4n) is 1.25. The third kappa shape index (κ3) is 2.58. The third-order valence-corrected chi connectivity index (χ3v) is 2.27. The normalized spacial score (nSPS) is 15.5. The number of carbonyl (C=O) groups is 1. The third-order valence-electron chi connectivity index (χ3n) is 2.27. The van der Waals surface area contributed by atoms with E-state index in [1.54, 1.807) is 4.68 Å². The molecule has 1 aliphatic carbocycles. The summed E-state index contributed by atoms with van der Waals surface area (Å²) in [7, 11) is 1.83. The molecule has 0 aromatic carbocycles. The molecule has 1 aromatic heterocycles. The molecule has 4 heteroatoms. The molecule has 2 rings (SSSR count). The van der Waals surface area contributed by atoms with Crippen molar-refractivity contribution < 1.29 is 9.53 Å². The van der Waals surface area contributed by atoms with E-state index >= 15 is 0 Å². The Hall–Kier alpha value is -1.32. The van der Waals surface area contributed by atoms with Crippen LogP contribution in [-0.2, 0) is 23.0 Å². The fourth-order valence-corrected chi connectivity index (χ4v) is 1.25. The van der Waals surface area contributed by atoms with Gasteiger partial charge >= 0.3 is 5.97 Å². The van der Waals surface area contributed by atoms with Crippen LogP contribution in [0.5, 0.6) is 0 Å². The Labute approximate surface area is 82.9 Å². The first-order valence-electron chi connectivity index (χ1n) is 4.88. The number of aromatic nitrogens is 2. The largest absolute Gasteiger partial charge is 0.465 e. The molecule has 76 valence electrons. The number of esters is 1. The van der Waals surface area contributed by atoms with Gasteiger partial charge in [-0.15, -0.1) is 0 Å². The first kappa shape index (κ1) is 9.24. The van der Waals surface area contributed by atoms with Crippen molar-refractivity contribution in [1.82, 2.24) is 9.78 Å². The molecule has 0 N–H and O–H groups in total. The van der Waals surface area contributed by atoms with E-state index in [4.69, 9.17) is 4.74 Å². The van der Waals surface area contributed by atoms with Gasteiger partial charge in [-0.1, -0.05) is 0 Å². The van der Waals surface area contributed by atoms with Crippen LogP contribution < -0.4 is 0 Å². The molecule has 0 aliphatic heterocycles. The highest BCUT2D eigenvalue weighted by atomic mass is 16.5. The zero-order valence-corrected chi connectivity index (χ0v) is 8.27. The van der Waals surface area contributed by atoms with Gasteiger partial charge < -0.3 is 4.74 Å². The Bertz CT molecular complexity index is 329. The summed E-state index contributed by atoms with van der Waals surface area (Å²) < 4.78 is 6.77. The number of nitrogens with zero attached hydrogens (tertiary/aromatic N) is 2. The van der Waals surface area contributed by atoms with Gasteiger partial charge in [0.2, 0.25) is 0 Å². The average molecular weight is 194 g/mol. The molecule has 0 amide bonds. The van der Waals surface area contributed by atoms with Crippen LogP contribution in [-0.4, -0.2) is 22.4 Å². The molecule has 1 heterocycles. The Balaban J connectivity index is 1.75. The number of aryl methyl sites for hydroxylation is 1. The number of hydrogen-bond donors (Lipinski definition) is 0. The van der Waals surface area contributed by atoms with Crippen molar-refractivity contribution in [3.05, 3.63) is 18.0 Å². The molecule has 14 heavy (non-hydrogen) atoms. The lowest BCUT2D eigenvalue weighted by Crippen LogP contribution is -2.10. The van der Waals surface area contributed by atoms with Crippen molar-refractivity contribution in [2.45, 2.75) is 19.3 Å². The molecule has 1 aromatic rings. The quantitative estimate of drug-likeness (QED) is 0.669. The van der Waals surface area contributed by atoms with E-state index in [0.717, 1.165) is 5.69 Å². The molecule has 0 bridgehead atoms. The SMILES string of the molecule is Cn1ccc(CC(=O)OCC2CC2)n1. The topological polar surface area (TPSA) is 44.1 Å². The summed E-state index contributed by atoms with van der Waals surface area (Å²) in [4.78, 5) is 11.3. The van der Waals surface area contributed by atoms with Gasteiger partial charge in [-0.05, 0) is 24.8 Å². The Kier molecular flexibility index (Phi) is 2.52. The summed E-state index contributed by atoms with van der Waals surface area (Å²) in [5.74, 6) is 0.457. The van der Waals surface area contributed by atoms with Gasteiger partial charge in [0.25, 0.3) is 0 Å². The summed E-state index contributed by atoms with van der Waals surface area (Å²) >= 11 is 0. The van der Waals surface area contributed by atoms with Crippen molar-refractivity contribution in [2.75, 3.05) is 6.61 Å². The Morgan fingerprint density at radius 2 is 2.50 bits per heavy atom. The molecular formula is C10H14N2O2. The lowest BCUT2D eigenvalue weighted by Gasteiger charge is -2.01. The maximum atomic E-state index is 11.3. The monoisotopic (exact) mass is 194 g/mol. The smallest absolute Gasteiger partial charge is 0.311 e. The number of hydrogen-bond acceptors (Lipinski definition) is 3. The van der Waals surface area contributed by atoms with Crippen LogP contribution in [0.1, 0.15) is 18.5 Å². The molecule has 1 aliphatic rings. The zero-order valence-electron chi connectivity index (χ0n) is 8.27. The second-order valence-corrected chi connectivity index (χ2v) is 3.78. The highest BCUT2D eigenvalue weighted by Crippen LogP contribution is 2.28. The molecule has 1 fully saturated rings. The lowest BCUT2D eigenvalue weighted by atomic mass is 10.3. The average Bonchev–Trinajstić information content (AvgIpc) is 2.88. The molecule has 0 radical (unpaired) electrons. The maximum Gasteiger partial charge on any atom is 0.311 e. The Morgan fingerprint density at radius 3 is 3.07 bits per heavy atom.